The van der Waals surface area contributed by atoms with Crippen LogP contribution in [0.15, 0.2) is 92.0 Å². The molecule has 3 rings (SSSR count). The fraction of sp³-hybridized carbons (Fsp3) is 0.278. The Kier molecular flexibility index (Phi) is 18.4. The highest BCUT2D eigenvalue weighted by molar-refractivity contribution is 5.92. The molecule has 0 aliphatic carbocycles. The molecule has 0 aromatic heterocycles. The van der Waals surface area contributed by atoms with E-state index in [1.807, 2.05) is 20.8 Å². The first-order chi connectivity index (χ1) is 20.0. The highest BCUT2D eigenvalue weighted by atomic mass is 16.7. The van der Waals surface area contributed by atoms with Gasteiger partial charge in [0, 0.05) is 17.7 Å². The van der Waals surface area contributed by atoms with Gasteiger partial charge < -0.3 is 28.4 Å². The van der Waals surface area contributed by atoms with E-state index in [2.05, 4.69) is 13.2 Å². The molecule has 0 aliphatic heterocycles. The molecule has 0 amide bonds. The van der Waals surface area contributed by atoms with Crippen molar-refractivity contribution in [3.63, 3.8) is 0 Å². The average molecular weight is 639 g/mol. The Hall–Kier alpha value is -5.38. The predicted molar refractivity (Wildman–Crippen MR) is 178 cm³/mol. The molecule has 3 aromatic rings. The van der Waals surface area contributed by atoms with Crippen LogP contribution in [0.1, 0.15) is 76.8 Å². The van der Waals surface area contributed by atoms with Crippen molar-refractivity contribution in [1.82, 2.24) is 0 Å². The fourth-order valence-electron chi connectivity index (χ4n) is 3.38. The normalized spacial score (nSPS) is 9.63. The third-order valence-corrected chi connectivity index (χ3v) is 5.54. The minimum Gasteiger partial charge on any atom is -0.457 e. The summed E-state index contributed by atoms with van der Waals surface area (Å²) in [5.74, 6) is -1.08. The van der Waals surface area contributed by atoms with E-state index >= 15 is 0 Å². The Bertz CT molecular complexity index is 1450. The van der Waals surface area contributed by atoms with E-state index in [-0.39, 0.29) is 60.2 Å². The lowest BCUT2D eigenvalue weighted by molar-refractivity contribution is -0.145. The summed E-state index contributed by atoms with van der Waals surface area (Å²) in [6.07, 6.45) is 2.05. The third kappa shape index (κ3) is 12.7. The summed E-state index contributed by atoms with van der Waals surface area (Å²) in [4.78, 5) is 47.8. The second-order valence-electron chi connectivity index (χ2n) is 9.60. The van der Waals surface area contributed by atoms with Crippen LogP contribution in [0.3, 0.4) is 0 Å². The van der Waals surface area contributed by atoms with Crippen LogP contribution in [0.5, 0.6) is 23.0 Å². The molecule has 46 heavy (non-hydrogen) atoms. The summed E-state index contributed by atoms with van der Waals surface area (Å²) >= 11 is 0. The zero-order chi connectivity index (χ0) is 30.7. The summed E-state index contributed by atoms with van der Waals surface area (Å²) in [5.41, 5.74) is 0.715. The van der Waals surface area contributed by atoms with E-state index < -0.39 is 29.3 Å². The van der Waals surface area contributed by atoms with Crippen molar-refractivity contribution >= 4 is 23.9 Å². The van der Waals surface area contributed by atoms with E-state index in [4.69, 9.17) is 28.4 Å². The minimum atomic E-state index is -0.614. The fourth-order valence-corrected chi connectivity index (χ4v) is 3.38. The van der Waals surface area contributed by atoms with Crippen LogP contribution < -0.4 is 18.9 Å². The maximum Gasteiger partial charge on any atom is 0.343 e. The van der Waals surface area contributed by atoms with Crippen LogP contribution in [0.2, 0.25) is 0 Å². The predicted octanol–water partition coefficient (Wildman–Crippen LogP) is 8.10. The monoisotopic (exact) mass is 638 g/mol. The standard InChI is InChI=1S/C32H30O10.4CH4/c1-6-28(33)39-19-37-23-12-8-21(9-13-23)30(35)41-25-16-17-27(26(18-25)32(3,4)5)42-31(36)22-10-14-24(15-11-22)38-20-40-29(34)7-2;;;;/h6-18H,1-2,19-20H2,3-5H3;4*1H4. The van der Waals surface area contributed by atoms with Crippen molar-refractivity contribution in [3.05, 3.63) is 109 Å². The Morgan fingerprint density at radius 3 is 1.39 bits per heavy atom. The van der Waals surface area contributed by atoms with E-state index in [1.165, 1.54) is 42.5 Å². The van der Waals surface area contributed by atoms with Gasteiger partial charge in [-0.1, -0.05) is 63.6 Å². The van der Waals surface area contributed by atoms with E-state index in [1.54, 1.807) is 24.3 Å². The molecule has 0 bridgehead atoms. The molecule has 0 unspecified atom stereocenters. The smallest absolute Gasteiger partial charge is 0.343 e. The number of hydrogen-bond acceptors (Lipinski definition) is 10. The second kappa shape index (κ2) is 19.8. The number of esters is 4. The molecule has 0 fully saturated rings. The Morgan fingerprint density at radius 2 is 1.00 bits per heavy atom. The first-order valence-corrected chi connectivity index (χ1v) is 12.6. The molecular formula is C36H46O10. The highest BCUT2D eigenvalue weighted by Gasteiger charge is 2.23. The van der Waals surface area contributed by atoms with Crippen molar-refractivity contribution < 1.29 is 47.6 Å². The lowest BCUT2D eigenvalue weighted by atomic mass is 9.86. The van der Waals surface area contributed by atoms with Crippen molar-refractivity contribution in [2.24, 2.45) is 0 Å². The number of rotatable bonds is 12. The molecule has 3 aromatic carbocycles. The van der Waals surface area contributed by atoms with Crippen LogP contribution >= 0.6 is 0 Å². The number of hydrogen-bond donors (Lipinski definition) is 0. The quantitative estimate of drug-likeness (QED) is 0.0832. The molecule has 10 nitrogen and oxygen atoms in total. The lowest BCUT2D eigenvalue weighted by Crippen LogP contribution is -2.17. The summed E-state index contributed by atoms with van der Waals surface area (Å²) in [7, 11) is 0. The highest BCUT2D eigenvalue weighted by Crippen LogP contribution is 2.35. The summed E-state index contributed by atoms with van der Waals surface area (Å²) in [5, 5.41) is 0. The molecule has 0 saturated carbocycles. The van der Waals surface area contributed by atoms with Gasteiger partial charge in [0.25, 0.3) is 0 Å². The summed E-state index contributed by atoms with van der Waals surface area (Å²) in [6.45, 7) is 11.8. The van der Waals surface area contributed by atoms with Gasteiger partial charge in [0.2, 0.25) is 13.6 Å². The van der Waals surface area contributed by atoms with Gasteiger partial charge in [-0.3, -0.25) is 0 Å². The molecule has 0 radical (unpaired) electrons. The van der Waals surface area contributed by atoms with Crippen molar-refractivity contribution in [2.45, 2.75) is 55.9 Å². The van der Waals surface area contributed by atoms with Gasteiger partial charge in [0.15, 0.2) is 0 Å². The first-order valence-electron chi connectivity index (χ1n) is 12.6. The van der Waals surface area contributed by atoms with Gasteiger partial charge in [-0.2, -0.15) is 0 Å². The second-order valence-corrected chi connectivity index (χ2v) is 9.60. The number of carbonyl (C=O) groups is 4. The largest absolute Gasteiger partial charge is 0.457 e. The molecule has 0 saturated heterocycles. The van der Waals surface area contributed by atoms with E-state index in [9.17, 15) is 19.2 Å². The zero-order valence-corrected chi connectivity index (χ0v) is 23.4. The Balaban J connectivity index is 0. The molecule has 10 heteroatoms. The molecule has 0 spiro atoms. The van der Waals surface area contributed by atoms with E-state index in [0.29, 0.717) is 22.8 Å². The SMILES string of the molecule is C.C.C.C.C=CC(=O)OCOc1ccc(C(=O)Oc2ccc(OC(=O)c3ccc(OCOC(=O)C=C)cc3)c(C(C)(C)C)c2)cc1. The number of benzene rings is 3. The maximum absolute atomic E-state index is 12.9. The van der Waals surface area contributed by atoms with Gasteiger partial charge in [-0.25, -0.2) is 19.2 Å². The van der Waals surface area contributed by atoms with Crippen LogP contribution in [0.25, 0.3) is 0 Å². The molecule has 0 heterocycles. The minimum absolute atomic E-state index is 0. The number of ether oxygens (including phenoxy) is 6. The van der Waals surface area contributed by atoms with Gasteiger partial charge in [0.05, 0.1) is 11.1 Å². The van der Waals surface area contributed by atoms with Crippen molar-refractivity contribution in [1.29, 1.82) is 0 Å². The molecule has 0 atom stereocenters. The molecule has 0 aliphatic rings. The van der Waals surface area contributed by atoms with Crippen molar-refractivity contribution in [2.75, 3.05) is 13.6 Å². The van der Waals surface area contributed by atoms with Crippen LogP contribution in [-0.4, -0.2) is 37.5 Å². The van der Waals surface area contributed by atoms with Crippen LogP contribution in [-0.2, 0) is 24.5 Å². The van der Waals surface area contributed by atoms with Gasteiger partial charge in [-0.15, -0.1) is 0 Å². The topological polar surface area (TPSA) is 124 Å². The molecule has 250 valence electrons. The Labute approximate surface area is 272 Å². The summed E-state index contributed by atoms with van der Waals surface area (Å²) in [6, 6.07) is 17.0. The molecular weight excluding hydrogens is 592 g/mol. The van der Waals surface area contributed by atoms with Gasteiger partial charge in [0.1, 0.15) is 23.0 Å². The van der Waals surface area contributed by atoms with E-state index in [0.717, 1.165) is 12.2 Å². The first kappa shape index (κ1) is 42.8. The maximum atomic E-state index is 12.9. The lowest BCUT2D eigenvalue weighted by Gasteiger charge is -2.23. The van der Waals surface area contributed by atoms with Crippen LogP contribution in [0, 0.1) is 0 Å². The van der Waals surface area contributed by atoms with Crippen LogP contribution in [0.4, 0.5) is 0 Å². The number of carbonyl (C=O) groups excluding carboxylic acids is 4. The van der Waals surface area contributed by atoms with Crippen molar-refractivity contribution in [3.8, 4) is 23.0 Å². The zero-order valence-electron chi connectivity index (χ0n) is 23.4. The average Bonchev–Trinajstić information content (AvgIpc) is 2.97. The molecule has 0 N–H and O–H groups in total. The van der Waals surface area contributed by atoms with Gasteiger partial charge in [-0.05, 0) is 72.1 Å². The summed E-state index contributed by atoms with van der Waals surface area (Å²) < 4.78 is 31.3. The van der Waals surface area contributed by atoms with Gasteiger partial charge >= 0.3 is 23.9 Å². The third-order valence-electron chi connectivity index (χ3n) is 5.54. The Morgan fingerprint density at radius 1 is 0.609 bits per heavy atom.